The maximum absolute atomic E-state index is 9.34. The Bertz CT molecular complexity index is 307. The van der Waals surface area contributed by atoms with Crippen LogP contribution >= 0.6 is 0 Å². The van der Waals surface area contributed by atoms with E-state index in [1.807, 2.05) is 18.2 Å². The van der Waals surface area contributed by atoms with Crippen LogP contribution in [-0.4, -0.2) is 11.9 Å². The van der Waals surface area contributed by atoms with Crippen molar-refractivity contribution in [2.75, 3.05) is 6.79 Å². The van der Waals surface area contributed by atoms with Crippen LogP contribution in [0.5, 0.6) is 5.75 Å². The molecule has 2 rings (SSSR count). The van der Waals surface area contributed by atoms with Gasteiger partial charge in [0.05, 0.1) is 12.7 Å². The smallest absolute Gasteiger partial charge is 0.189 e. The molecule has 3 nitrogen and oxygen atoms in total. The van der Waals surface area contributed by atoms with Crippen LogP contribution in [-0.2, 0) is 11.3 Å². The molecule has 1 aliphatic heterocycles. The van der Waals surface area contributed by atoms with Gasteiger partial charge in [-0.2, -0.15) is 0 Å². The van der Waals surface area contributed by atoms with Gasteiger partial charge in [0, 0.05) is 5.56 Å². The van der Waals surface area contributed by atoms with Gasteiger partial charge in [0.2, 0.25) is 0 Å². The second-order valence-electron chi connectivity index (χ2n) is 3.15. The van der Waals surface area contributed by atoms with Crippen molar-refractivity contribution in [3.05, 3.63) is 29.3 Å². The van der Waals surface area contributed by atoms with Crippen LogP contribution in [0.15, 0.2) is 18.2 Å². The highest BCUT2D eigenvalue weighted by Crippen LogP contribution is 2.26. The molecule has 0 bridgehead atoms. The zero-order chi connectivity index (χ0) is 9.26. The number of hydrogen-bond donors (Lipinski definition) is 1. The predicted octanol–water partition coefficient (Wildman–Crippen LogP) is 1.61. The molecule has 0 aliphatic carbocycles. The molecule has 0 radical (unpaired) electrons. The number of benzene rings is 1. The van der Waals surface area contributed by atoms with Crippen molar-refractivity contribution in [1.29, 1.82) is 0 Å². The lowest BCUT2D eigenvalue weighted by molar-refractivity contribution is -0.0165. The fourth-order valence-electron chi connectivity index (χ4n) is 1.34. The first-order valence-electron chi connectivity index (χ1n) is 4.29. The van der Waals surface area contributed by atoms with Crippen LogP contribution in [0.25, 0.3) is 0 Å². The summed E-state index contributed by atoms with van der Waals surface area (Å²) < 4.78 is 10.4. The fraction of sp³-hybridized carbons (Fsp3) is 0.400. The lowest BCUT2D eigenvalue weighted by Crippen LogP contribution is -2.11. The molecule has 3 heteroatoms. The van der Waals surface area contributed by atoms with Gasteiger partial charge in [-0.15, -0.1) is 0 Å². The van der Waals surface area contributed by atoms with Crippen molar-refractivity contribution in [2.24, 2.45) is 0 Å². The van der Waals surface area contributed by atoms with Gasteiger partial charge in [-0.3, -0.25) is 0 Å². The molecule has 0 spiro atoms. The first-order valence-corrected chi connectivity index (χ1v) is 4.29. The van der Waals surface area contributed by atoms with Crippen molar-refractivity contribution in [2.45, 2.75) is 19.6 Å². The predicted molar refractivity (Wildman–Crippen MR) is 47.4 cm³/mol. The number of hydrogen-bond acceptors (Lipinski definition) is 3. The van der Waals surface area contributed by atoms with Gasteiger partial charge in [0.25, 0.3) is 0 Å². The van der Waals surface area contributed by atoms with Crippen LogP contribution in [0.3, 0.4) is 0 Å². The van der Waals surface area contributed by atoms with Crippen molar-refractivity contribution < 1.29 is 14.6 Å². The second-order valence-corrected chi connectivity index (χ2v) is 3.15. The van der Waals surface area contributed by atoms with E-state index < -0.39 is 6.10 Å². The number of aliphatic hydroxyl groups is 1. The first-order chi connectivity index (χ1) is 6.27. The molecule has 13 heavy (non-hydrogen) atoms. The Morgan fingerprint density at radius 1 is 1.46 bits per heavy atom. The Morgan fingerprint density at radius 2 is 2.31 bits per heavy atom. The molecule has 1 aliphatic rings. The van der Waals surface area contributed by atoms with Gasteiger partial charge in [-0.1, -0.05) is 12.1 Å². The maximum atomic E-state index is 9.34. The first kappa shape index (κ1) is 8.53. The average Bonchev–Trinajstić information content (AvgIpc) is 2.17. The summed E-state index contributed by atoms with van der Waals surface area (Å²) in [6, 6.07) is 5.68. The Morgan fingerprint density at radius 3 is 3.08 bits per heavy atom. The molecule has 0 saturated heterocycles. The van der Waals surface area contributed by atoms with Crippen molar-refractivity contribution in [3.63, 3.8) is 0 Å². The number of fused-ring (bicyclic) bond motifs is 1. The summed E-state index contributed by atoms with van der Waals surface area (Å²) in [6.45, 7) is 2.63. The SMILES string of the molecule is CC(O)c1ccc2c(c1)OCOC2. The van der Waals surface area contributed by atoms with Crippen molar-refractivity contribution in [3.8, 4) is 5.75 Å². The van der Waals surface area contributed by atoms with Gasteiger partial charge >= 0.3 is 0 Å². The lowest BCUT2D eigenvalue weighted by atomic mass is 10.1. The maximum Gasteiger partial charge on any atom is 0.189 e. The summed E-state index contributed by atoms with van der Waals surface area (Å²) >= 11 is 0. The van der Waals surface area contributed by atoms with E-state index in [0.717, 1.165) is 16.9 Å². The quantitative estimate of drug-likeness (QED) is 0.713. The van der Waals surface area contributed by atoms with Crippen LogP contribution < -0.4 is 4.74 Å². The minimum atomic E-state index is -0.447. The largest absolute Gasteiger partial charge is 0.467 e. The second kappa shape index (κ2) is 3.36. The zero-order valence-electron chi connectivity index (χ0n) is 7.49. The third-order valence-corrected chi connectivity index (χ3v) is 2.13. The molecule has 0 saturated carbocycles. The molecule has 1 atom stereocenters. The normalized spacial score (nSPS) is 17.4. The zero-order valence-corrected chi connectivity index (χ0v) is 7.49. The van der Waals surface area contributed by atoms with E-state index in [2.05, 4.69) is 0 Å². The van der Waals surface area contributed by atoms with Gasteiger partial charge in [0.1, 0.15) is 5.75 Å². The van der Waals surface area contributed by atoms with Crippen molar-refractivity contribution in [1.82, 2.24) is 0 Å². The summed E-state index contributed by atoms with van der Waals surface area (Å²) in [4.78, 5) is 0. The van der Waals surface area contributed by atoms with E-state index in [1.54, 1.807) is 6.92 Å². The summed E-state index contributed by atoms with van der Waals surface area (Å²) in [7, 11) is 0. The number of aliphatic hydroxyl groups excluding tert-OH is 1. The molecule has 0 aromatic heterocycles. The van der Waals surface area contributed by atoms with Crippen LogP contribution in [0.1, 0.15) is 24.2 Å². The van der Waals surface area contributed by atoms with Crippen LogP contribution in [0.2, 0.25) is 0 Å². The molecule has 0 fully saturated rings. The van der Waals surface area contributed by atoms with Crippen molar-refractivity contribution >= 4 is 0 Å². The molecular formula is C10H12O3. The Kier molecular flexibility index (Phi) is 2.20. The highest BCUT2D eigenvalue weighted by Gasteiger charge is 2.11. The third-order valence-electron chi connectivity index (χ3n) is 2.13. The molecule has 1 heterocycles. The molecule has 70 valence electrons. The minimum absolute atomic E-state index is 0.302. The Hall–Kier alpha value is -1.06. The Labute approximate surface area is 76.9 Å². The van der Waals surface area contributed by atoms with E-state index in [-0.39, 0.29) is 0 Å². The van der Waals surface area contributed by atoms with Crippen LogP contribution in [0, 0.1) is 0 Å². The standard InChI is InChI=1S/C10H12O3/c1-7(11)8-2-3-9-5-12-6-13-10(9)4-8/h2-4,7,11H,5-6H2,1H3. The average molecular weight is 180 g/mol. The van der Waals surface area contributed by atoms with E-state index >= 15 is 0 Å². The highest BCUT2D eigenvalue weighted by molar-refractivity contribution is 5.38. The lowest BCUT2D eigenvalue weighted by Gasteiger charge is -2.18. The van der Waals surface area contributed by atoms with E-state index in [0.29, 0.717) is 13.4 Å². The minimum Gasteiger partial charge on any atom is -0.467 e. The molecule has 1 aromatic carbocycles. The number of ether oxygens (including phenoxy) is 2. The van der Waals surface area contributed by atoms with E-state index in [4.69, 9.17) is 9.47 Å². The highest BCUT2D eigenvalue weighted by atomic mass is 16.7. The Balaban J connectivity index is 2.35. The number of rotatable bonds is 1. The van der Waals surface area contributed by atoms with Gasteiger partial charge in [-0.05, 0) is 18.6 Å². The summed E-state index contributed by atoms with van der Waals surface area (Å²) in [5.74, 6) is 0.824. The third kappa shape index (κ3) is 1.66. The summed E-state index contributed by atoms with van der Waals surface area (Å²) in [5.41, 5.74) is 1.91. The van der Waals surface area contributed by atoms with Gasteiger partial charge in [-0.25, -0.2) is 0 Å². The van der Waals surface area contributed by atoms with Crippen LogP contribution in [0.4, 0.5) is 0 Å². The van der Waals surface area contributed by atoms with Gasteiger partial charge < -0.3 is 14.6 Å². The monoisotopic (exact) mass is 180 g/mol. The molecule has 1 aromatic rings. The molecule has 0 amide bonds. The summed E-state index contributed by atoms with van der Waals surface area (Å²) in [5, 5.41) is 9.34. The molecular weight excluding hydrogens is 168 g/mol. The molecule has 1 N–H and O–H groups in total. The summed E-state index contributed by atoms with van der Waals surface area (Å²) in [6.07, 6.45) is -0.447. The fourth-order valence-corrected chi connectivity index (χ4v) is 1.34. The molecule has 1 unspecified atom stereocenters. The van der Waals surface area contributed by atoms with E-state index in [9.17, 15) is 5.11 Å². The van der Waals surface area contributed by atoms with Gasteiger partial charge in [0.15, 0.2) is 6.79 Å². The van der Waals surface area contributed by atoms with E-state index in [1.165, 1.54) is 0 Å². The topological polar surface area (TPSA) is 38.7 Å².